The van der Waals surface area contributed by atoms with Gasteiger partial charge < -0.3 is 25.8 Å². The number of benzene rings is 3. The first-order chi connectivity index (χ1) is 15.9. The van der Waals surface area contributed by atoms with Gasteiger partial charge in [0.15, 0.2) is 6.61 Å². The third kappa shape index (κ3) is 7.36. The van der Waals surface area contributed by atoms with Crippen molar-refractivity contribution < 1.29 is 19.4 Å². The minimum absolute atomic E-state index is 0.115. The average Bonchev–Trinajstić information content (AvgIpc) is 2.83. The van der Waals surface area contributed by atoms with Gasteiger partial charge in [-0.2, -0.15) is 0 Å². The van der Waals surface area contributed by atoms with Gasteiger partial charge in [-0.3, -0.25) is 4.79 Å². The predicted molar refractivity (Wildman–Crippen MR) is 128 cm³/mol. The summed E-state index contributed by atoms with van der Waals surface area (Å²) in [6.07, 6.45) is 0.0804. The fourth-order valence-corrected chi connectivity index (χ4v) is 3.33. The molecule has 4 N–H and O–H groups in total. The minimum atomic E-state index is -0.837. The summed E-state index contributed by atoms with van der Waals surface area (Å²) in [6, 6.07) is 23.7. The number of aliphatic hydroxyl groups excluding tert-OH is 1. The quantitative estimate of drug-likeness (QED) is 0.439. The number of urea groups is 1. The lowest BCUT2D eigenvalue weighted by atomic mass is 10.1. The number of ether oxygens (including phenoxy) is 1. The van der Waals surface area contributed by atoms with Crippen LogP contribution < -0.4 is 15.8 Å². The molecule has 1 unspecified atom stereocenters. The second kappa shape index (κ2) is 11.7. The van der Waals surface area contributed by atoms with E-state index in [9.17, 15) is 14.7 Å². The molecule has 172 valence electrons. The topological polar surface area (TPSA) is 105 Å². The van der Waals surface area contributed by atoms with Gasteiger partial charge in [0.25, 0.3) is 5.91 Å². The Morgan fingerprint density at radius 3 is 2.39 bits per heavy atom. The number of carbonyl (C=O) groups excluding carboxylic acids is 2. The van der Waals surface area contributed by atoms with Gasteiger partial charge in [-0.15, -0.1) is 0 Å². The molecule has 7 nitrogen and oxygen atoms in total. The number of rotatable bonds is 10. The molecule has 33 heavy (non-hydrogen) atoms. The van der Waals surface area contributed by atoms with Crippen LogP contribution in [0.3, 0.4) is 0 Å². The van der Waals surface area contributed by atoms with Crippen LogP contribution in [0.15, 0.2) is 78.9 Å². The fraction of sp³-hybridized carbons (Fsp3) is 0.231. The van der Waals surface area contributed by atoms with E-state index in [4.69, 9.17) is 10.5 Å². The lowest BCUT2D eigenvalue weighted by Crippen LogP contribution is -2.37. The van der Waals surface area contributed by atoms with Gasteiger partial charge in [0.2, 0.25) is 0 Å². The Morgan fingerprint density at radius 1 is 1.00 bits per heavy atom. The highest BCUT2D eigenvalue weighted by molar-refractivity contribution is 5.89. The average molecular weight is 448 g/mol. The van der Waals surface area contributed by atoms with Crippen molar-refractivity contribution in [2.24, 2.45) is 5.73 Å². The SMILES string of the molecule is CCc1ccc(C(O)CN(Cc2ccccc2)C(=O)Nc2cccc(OCC(N)=O)c2)cc1. The second-order valence-electron chi connectivity index (χ2n) is 7.69. The smallest absolute Gasteiger partial charge is 0.322 e. The maximum Gasteiger partial charge on any atom is 0.322 e. The number of hydrogen-bond acceptors (Lipinski definition) is 4. The summed E-state index contributed by atoms with van der Waals surface area (Å²) in [5.41, 5.74) is 8.50. The highest BCUT2D eigenvalue weighted by Gasteiger charge is 2.20. The summed E-state index contributed by atoms with van der Waals surface area (Å²) in [5.74, 6) is -0.170. The molecule has 0 aromatic heterocycles. The molecule has 3 aromatic rings. The summed E-state index contributed by atoms with van der Waals surface area (Å²) >= 11 is 0. The largest absolute Gasteiger partial charge is 0.484 e. The van der Waals surface area contributed by atoms with Gasteiger partial charge in [0, 0.05) is 18.3 Å². The predicted octanol–water partition coefficient (Wildman–Crippen LogP) is 3.88. The first-order valence-corrected chi connectivity index (χ1v) is 10.8. The highest BCUT2D eigenvalue weighted by atomic mass is 16.5. The molecule has 0 saturated carbocycles. The van der Waals surface area contributed by atoms with Crippen LogP contribution in [0.1, 0.15) is 29.7 Å². The fourth-order valence-electron chi connectivity index (χ4n) is 3.33. The molecule has 0 aliphatic heterocycles. The molecular weight excluding hydrogens is 418 g/mol. The maximum atomic E-state index is 13.2. The van der Waals surface area contributed by atoms with Crippen molar-refractivity contribution in [2.75, 3.05) is 18.5 Å². The Hall–Kier alpha value is -3.84. The lowest BCUT2D eigenvalue weighted by molar-refractivity contribution is -0.119. The Kier molecular flexibility index (Phi) is 8.43. The van der Waals surface area contributed by atoms with E-state index in [-0.39, 0.29) is 19.2 Å². The molecule has 0 saturated heterocycles. The number of nitrogens with two attached hydrogens (primary N) is 1. The van der Waals surface area contributed by atoms with Crippen LogP contribution in [-0.4, -0.2) is 35.1 Å². The number of anilines is 1. The van der Waals surface area contributed by atoms with E-state index >= 15 is 0 Å². The van der Waals surface area contributed by atoms with Crippen molar-refractivity contribution in [3.8, 4) is 5.75 Å². The summed E-state index contributed by atoms with van der Waals surface area (Å²) in [4.78, 5) is 25.7. The third-order valence-electron chi connectivity index (χ3n) is 5.14. The molecule has 0 aliphatic carbocycles. The summed E-state index contributed by atoms with van der Waals surface area (Å²) in [5, 5.41) is 13.7. The molecule has 0 aliphatic rings. The third-order valence-corrected chi connectivity index (χ3v) is 5.14. The molecule has 0 fully saturated rings. The molecule has 0 radical (unpaired) electrons. The molecule has 3 amide bonds. The zero-order chi connectivity index (χ0) is 23.6. The Labute approximate surface area is 193 Å². The van der Waals surface area contributed by atoms with Gasteiger partial charge in [-0.1, -0.05) is 67.6 Å². The molecule has 1 atom stereocenters. The van der Waals surface area contributed by atoms with Gasteiger partial charge in [0.1, 0.15) is 5.75 Å². The molecule has 0 heterocycles. The van der Waals surface area contributed by atoms with Gasteiger partial charge in [0.05, 0.1) is 12.6 Å². The number of carbonyl (C=O) groups is 2. The van der Waals surface area contributed by atoms with E-state index in [1.54, 1.807) is 29.2 Å². The number of nitrogens with one attached hydrogen (secondary N) is 1. The normalized spacial score (nSPS) is 11.5. The summed E-state index contributed by atoms with van der Waals surface area (Å²) < 4.78 is 5.31. The summed E-state index contributed by atoms with van der Waals surface area (Å²) in [7, 11) is 0. The monoisotopic (exact) mass is 447 g/mol. The van der Waals surface area contributed by atoms with Crippen LogP contribution in [-0.2, 0) is 17.8 Å². The van der Waals surface area contributed by atoms with Crippen LogP contribution in [0.4, 0.5) is 10.5 Å². The molecular formula is C26H29N3O4. The van der Waals surface area contributed by atoms with Crippen LogP contribution in [0.5, 0.6) is 5.75 Å². The number of hydrogen-bond donors (Lipinski definition) is 3. The Morgan fingerprint density at radius 2 is 1.73 bits per heavy atom. The molecule has 0 bridgehead atoms. The molecule has 7 heteroatoms. The number of nitrogens with zero attached hydrogens (tertiary/aromatic N) is 1. The maximum absolute atomic E-state index is 13.2. The van der Waals surface area contributed by atoms with E-state index in [1.165, 1.54) is 5.56 Å². The van der Waals surface area contributed by atoms with E-state index in [1.807, 2.05) is 54.6 Å². The van der Waals surface area contributed by atoms with Crippen molar-refractivity contribution in [1.29, 1.82) is 0 Å². The Bertz CT molecular complexity index is 1050. The second-order valence-corrected chi connectivity index (χ2v) is 7.69. The van der Waals surface area contributed by atoms with Crippen LogP contribution in [0.2, 0.25) is 0 Å². The van der Waals surface area contributed by atoms with Gasteiger partial charge in [-0.05, 0) is 35.2 Å². The lowest BCUT2D eigenvalue weighted by Gasteiger charge is -2.26. The van der Waals surface area contributed by atoms with Crippen LogP contribution in [0.25, 0.3) is 0 Å². The molecule has 3 aromatic carbocycles. The standard InChI is InChI=1S/C26H29N3O4/c1-2-19-11-13-21(14-12-19)24(30)17-29(16-20-7-4-3-5-8-20)26(32)28-22-9-6-10-23(15-22)33-18-25(27)31/h3-15,24,30H,2,16-18H2,1H3,(H2,27,31)(H,28,32). The van der Waals surface area contributed by atoms with Crippen molar-refractivity contribution in [2.45, 2.75) is 26.0 Å². The number of primary amides is 1. The first kappa shape index (κ1) is 23.8. The van der Waals surface area contributed by atoms with Crippen molar-refractivity contribution in [1.82, 2.24) is 4.90 Å². The molecule has 3 rings (SSSR count). The van der Waals surface area contributed by atoms with Gasteiger partial charge in [-0.25, -0.2) is 4.79 Å². The van der Waals surface area contributed by atoms with E-state index in [0.29, 0.717) is 18.0 Å². The number of amides is 3. The van der Waals surface area contributed by atoms with Crippen LogP contribution >= 0.6 is 0 Å². The van der Waals surface area contributed by atoms with Crippen molar-refractivity contribution >= 4 is 17.6 Å². The zero-order valence-corrected chi connectivity index (χ0v) is 18.6. The number of aliphatic hydroxyl groups is 1. The minimum Gasteiger partial charge on any atom is -0.484 e. The van der Waals surface area contributed by atoms with Gasteiger partial charge >= 0.3 is 6.03 Å². The summed E-state index contributed by atoms with van der Waals surface area (Å²) in [6.45, 7) is 2.27. The van der Waals surface area contributed by atoms with Crippen LogP contribution in [0, 0.1) is 0 Å². The van der Waals surface area contributed by atoms with Crippen molar-refractivity contribution in [3.05, 3.63) is 95.6 Å². The highest BCUT2D eigenvalue weighted by Crippen LogP contribution is 2.20. The van der Waals surface area contributed by atoms with E-state index in [2.05, 4.69) is 12.2 Å². The first-order valence-electron chi connectivity index (χ1n) is 10.8. The van der Waals surface area contributed by atoms with Crippen molar-refractivity contribution in [3.63, 3.8) is 0 Å². The Balaban J connectivity index is 1.74. The number of aryl methyl sites for hydroxylation is 1. The zero-order valence-electron chi connectivity index (χ0n) is 18.6. The van der Waals surface area contributed by atoms with E-state index < -0.39 is 12.0 Å². The van der Waals surface area contributed by atoms with E-state index in [0.717, 1.165) is 17.5 Å². The molecule has 0 spiro atoms.